The highest BCUT2D eigenvalue weighted by molar-refractivity contribution is 5.94. The van der Waals surface area contributed by atoms with E-state index in [1.807, 2.05) is 19.1 Å². The first kappa shape index (κ1) is 16.8. The summed E-state index contributed by atoms with van der Waals surface area (Å²) in [7, 11) is 3.18. The molecule has 1 heterocycles. The zero-order valence-electron chi connectivity index (χ0n) is 13.5. The number of nitrogens with two attached hydrogens (primary N) is 1. The lowest BCUT2D eigenvalue weighted by atomic mass is 10.1. The standard InChI is InChI=1S/C17H21N3O3/c1-11(13-7-15(22-2)9-16(8-13)23-3)20-17(21)12-4-5-19-14(6-12)10-18/h4-9,11H,10,18H2,1-3H3,(H,20,21). The van der Waals surface area contributed by atoms with E-state index < -0.39 is 0 Å². The largest absolute Gasteiger partial charge is 0.497 e. The molecule has 2 rings (SSSR count). The van der Waals surface area contributed by atoms with Gasteiger partial charge in [0.2, 0.25) is 0 Å². The maximum absolute atomic E-state index is 12.4. The van der Waals surface area contributed by atoms with E-state index in [2.05, 4.69) is 10.3 Å². The van der Waals surface area contributed by atoms with Crippen molar-refractivity contribution in [2.45, 2.75) is 19.5 Å². The van der Waals surface area contributed by atoms with Gasteiger partial charge in [-0.2, -0.15) is 0 Å². The molecule has 23 heavy (non-hydrogen) atoms. The van der Waals surface area contributed by atoms with Crippen LogP contribution in [-0.4, -0.2) is 25.1 Å². The normalized spacial score (nSPS) is 11.7. The summed E-state index contributed by atoms with van der Waals surface area (Å²) in [6, 6.07) is 8.66. The van der Waals surface area contributed by atoms with E-state index in [9.17, 15) is 4.79 Å². The summed E-state index contributed by atoms with van der Waals surface area (Å²) in [5, 5.41) is 2.95. The number of carbonyl (C=O) groups excluding carboxylic acids is 1. The molecule has 2 aromatic rings. The minimum absolute atomic E-state index is 0.184. The summed E-state index contributed by atoms with van der Waals surface area (Å²) in [5.74, 6) is 1.17. The number of hydrogen-bond acceptors (Lipinski definition) is 5. The van der Waals surface area contributed by atoms with E-state index in [1.54, 1.807) is 38.6 Å². The van der Waals surface area contributed by atoms with Crippen LogP contribution in [-0.2, 0) is 6.54 Å². The average molecular weight is 315 g/mol. The number of amides is 1. The first-order valence-electron chi connectivity index (χ1n) is 7.26. The van der Waals surface area contributed by atoms with Gasteiger partial charge in [0.25, 0.3) is 5.91 Å². The fourth-order valence-corrected chi connectivity index (χ4v) is 2.17. The van der Waals surface area contributed by atoms with E-state index in [0.717, 1.165) is 5.56 Å². The van der Waals surface area contributed by atoms with Crippen LogP contribution >= 0.6 is 0 Å². The van der Waals surface area contributed by atoms with Crippen LogP contribution in [0.15, 0.2) is 36.5 Å². The van der Waals surface area contributed by atoms with Crippen LogP contribution in [0.3, 0.4) is 0 Å². The van der Waals surface area contributed by atoms with E-state index in [4.69, 9.17) is 15.2 Å². The van der Waals surface area contributed by atoms with Crippen LogP contribution in [0.25, 0.3) is 0 Å². The van der Waals surface area contributed by atoms with Crippen molar-refractivity contribution in [1.29, 1.82) is 0 Å². The average Bonchev–Trinajstić information content (AvgIpc) is 2.60. The summed E-state index contributed by atoms with van der Waals surface area (Å²) in [6.45, 7) is 2.20. The third kappa shape index (κ3) is 4.20. The first-order chi connectivity index (χ1) is 11.1. The molecule has 6 nitrogen and oxygen atoms in total. The van der Waals surface area contributed by atoms with Gasteiger partial charge in [-0.05, 0) is 36.8 Å². The molecule has 1 aromatic carbocycles. The van der Waals surface area contributed by atoms with Gasteiger partial charge in [-0.3, -0.25) is 9.78 Å². The third-order valence-corrected chi connectivity index (χ3v) is 3.51. The van der Waals surface area contributed by atoms with Crippen LogP contribution in [0.1, 0.15) is 34.6 Å². The highest BCUT2D eigenvalue weighted by Crippen LogP contribution is 2.26. The molecular weight excluding hydrogens is 294 g/mol. The molecular formula is C17H21N3O3. The molecule has 0 aliphatic heterocycles. The molecule has 3 N–H and O–H groups in total. The number of hydrogen-bond donors (Lipinski definition) is 2. The molecule has 0 radical (unpaired) electrons. The Kier molecular flexibility index (Phi) is 5.54. The molecule has 1 amide bonds. The Morgan fingerprint density at radius 2 is 1.87 bits per heavy atom. The van der Waals surface area contributed by atoms with E-state index >= 15 is 0 Å². The SMILES string of the molecule is COc1cc(OC)cc(C(C)NC(=O)c2ccnc(CN)c2)c1. The lowest BCUT2D eigenvalue weighted by Gasteiger charge is -2.16. The Morgan fingerprint density at radius 3 is 2.43 bits per heavy atom. The smallest absolute Gasteiger partial charge is 0.251 e. The second kappa shape index (κ2) is 7.60. The topological polar surface area (TPSA) is 86.5 Å². The summed E-state index contributed by atoms with van der Waals surface area (Å²) in [6.07, 6.45) is 1.58. The lowest BCUT2D eigenvalue weighted by Crippen LogP contribution is -2.27. The fourth-order valence-electron chi connectivity index (χ4n) is 2.17. The monoisotopic (exact) mass is 315 g/mol. The summed E-state index contributed by atoms with van der Waals surface area (Å²) in [4.78, 5) is 16.4. The maximum Gasteiger partial charge on any atom is 0.251 e. The van der Waals surface area contributed by atoms with E-state index in [-0.39, 0.29) is 11.9 Å². The minimum Gasteiger partial charge on any atom is -0.497 e. The molecule has 0 spiro atoms. The number of carbonyl (C=O) groups is 1. The van der Waals surface area contributed by atoms with Crippen LogP contribution in [0.4, 0.5) is 0 Å². The Bertz CT molecular complexity index is 666. The number of rotatable bonds is 6. The minimum atomic E-state index is -0.207. The fraction of sp³-hybridized carbons (Fsp3) is 0.294. The molecule has 0 saturated carbocycles. The van der Waals surface area contributed by atoms with Gasteiger partial charge in [0.1, 0.15) is 11.5 Å². The third-order valence-electron chi connectivity index (χ3n) is 3.51. The maximum atomic E-state index is 12.4. The van der Waals surface area contributed by atoms with Crippen molar-refractivity contribution < 1.29 is 14.3 Å². The number of ether oxygens (including phenoxy) is 2. The van der Waals surface area contributed by atoms with E-state index in [1.165, 1.54) is 0 Å². The first-order valence-corrected chi connectivity index (χ1v) is 7.26. The van der Waals surface area contributed by atoms with Gasteiger partial charge in [0.05, 0.1) is 26.0 Å². The molecule has 1 unspecified atom stereocenters. The van der Waals surface area contributed by atoms with Gasteiger partial charge in [-0.15, -0.1) is 0 Å². The summed E-state index contributed by atoms with van der Waals surface area (Å²) < 4.78 is 10.5. The number of methoxy groups -OCH3 is 2. The molecule has 0 bridgehead atoms. The van der Waals surface area contributed by atoms with Crippen LogP contribution < -0.4 is 20.5 Å². The molecule has 0 aliphatic carbocycles. The van der Waals surface area contributed by atoms with Crippen molar-refractivity contribution in [2.24, 2.45) is 5.73 Å². The van der Waals surface area contributed by atoms with Gasteiger partial charge < -0.3 is 20.5 Å². The summed E-state index contributed by atoms with van der Waals surface area (Å²) >= 11 is 0. The summed E-state index contributed by atoms with van der Waals surface area (Å²) in [5.41, 5.74) is 7.65. The van der Waals surface area contributed by atoms with Crippen LogP contribution in [0.5, 0.6) is 11.5 Å². The Balaban J connectivity index is 2.17. The highest BCUT2D eigenvalue weighted by Gasteiger charge is 2.14. The Labute approximate surface area is 135 Å². The zero-order chi connectivity index (χ0) is 16.8. The molecule has 0 fully saturated rings. The zero-order valence-corrected chi connectivity index (χ0v) is 13.5. The molecule has 1 atom stereocenters. The Hall–Kier alpha value is -2.60. The highest BCUT2D eigenvalue weighted by atomic mass is 16.5. The Morgan fingerprint density at radius 1 is 1.22 bits per heavy atom. The molecule has 6 heteroatoms. The van der Waals surface area contributed by atoms with Crippen molar-refractivity contribution in [1.82, 2.24) is 10.3 Å². The van der Waals surface area contributed by atoms with Gasteiger partial charge in [-0.1, -0.05) is 0 Å². The van der Waals surface area contributed by atoms with Gasteiger partial charge in [0, 0.05) is 24.4 Å². The predicted octanol–water partition coefficient (Wildman–Crippen LogP) is 2.05. The second-order valence-corrected chi connectivity index (χ2v) is 5.08. The molecule has 122 valence electrons. The van der Waals surface area contributed by atoms with Crippen molar-refractivity contribution in [3.63, 3.8) is 0 Å². The van der Waals surface area contributed by atoms with Crippen molar-refractivity contribution in [3.8, 4) is 11.5 Å². The number of aromatic nitrogens is 1. The lowest BCUT2D eigenvalue weighted by molar-refractivity contribution is 0.0939. The van der Waals surface area contributed by atoms with Gasteiger partial charge in [0.15, 0.2) is 0 Å². The molecule has 0 saturated heterocycles. The van der Waals surface area contributed by atoms with Crippen molar-refractivity contribution >= 4 is 5.91 Å². The van der Waals surface area contributed by atoms with Crippen LogP contribution in [0.2, 0.25) is 0 Å². The number of nitrogens with one attached hydrogen (secondary N) is 1. The van der Waals surface area contributed by atoms with Gasteiger partial charge >= 0.3 is 0 Å². The molecule has 1 aromatic heterocycles. The quantitative estimate of drug-likeness (QED) is 0.852. The van der Waals surface area contributed by atoms with E-state index in [0.29, 0.717) is 29.3 Å². The van der Waals surface area contributed by atoms with Gasteiger partial charge in [-0.25, -0.2) is 0 Å². The second-order valence-electron chi connectivity index (χ2n) is 5.08. The van der Waals surface area contributed by atoms with Crippen molar-refractivity contribution in [2.75, 3.05) is 14.2 Å². The predicted molar refractivity (Wildman–Crippen MR) is 87.6 cm³/mol. The van der Waals surface area contributed by atoms with Crippen molar-refractivity contribution in [3.05, 3.63) is 53.3 Å². The number of nitrogens with zero attached hydrogens (tertiary/aromatic N) is 1. The number of pyridine rings is 1. The number of benzene rings is 1. The molecule has 0 aliphatic rings. The van der Waals surface area contributed by atoms with Crippen LogP contribution in [0, 0.1) is 0 Å².